The fraction of sp³-hybridized carbons (Fsp3) is 0.318. The summed E-state index contributed by atoms with van der Waals surface area (Å²) in [6, 6.07) is 15.0. The van der Waals surface area contributed by atoms with Crippen molar-refractivity contribution in [2.75, 3.05) is 18.4 Å². The fourth-order valence-electron chi connectivity index (χ4n) is 3.56. The number of carbonyl (C=O) groups excluding carboxylic acids is 2. The highest BCUT2D eigenvalue weighted by Crippen LogP contribution is 2.26. The van der Waals surface area contributed by atoms with Crippen LogP contribution in [0.25, 0.3) is 22.6 Å². The summed E-state index contributed by atoms with van der Waals surface area (Å²) in [5.41, 5.74) is 3.09. The standard InChI is InChI=1S/C22H23N3O4/c1-14(26)22(28)25-12-10-15(11-13-25)20(27)23-17-8-6-16(7-9-17)21-24-18-4-2-3-5-19(18)29-21/h2-9,14-15,26H,10-13H2,1H3,(H,23,27)/t14-/m1/s1. The molecule has 1 fully saturated rings. The summed E-state index contributed by atoms with van der Waals surface area (Å²) >= 11 is 0. The number of fused-ring (bicyclic) bond motifs is 1. The van der Waals surface area contributed by atoms with Crippen molar-refractivity contribution in [3.63, 3.8) is 0 Å². The maximum atomic E-state index is 12.6. The molecule has 2 amide bonds. The number of hydrogen-bond acceptors (Lipinski definition) is 5. The number of amides is 2. The van der Waals surface area contributed by atoms with Gasteiger partial charge in [0, 0.05) is 30.3 Å². The Hall–Kier alpha value is -3.19. The van der Waals surface area contributed by atoms with Gasteiger partial charge < -0.3 is 19.7 Å². The first-order valence-corrected chi connectivity index (χ1v) is 9.75. The van der Waals surface area contributed by atoms with Gasteiger partial charge in [-0.1, -0.05) is 12.1 Å². The number of nitrogens with zero attached hydrogens (tertiary/aromatic N) is 2. The monoisotopic (exact) mass is 393 g/mol. The molecule has 0 aliphatic carbocycles. The number of oxazole rings is 1. The third-order valence-electron chi connectivity index (χ3n) is 5.23. The summed E-state index contributed by atoms with van der Waals surface area (Å²) in [6.45, 7) is 2.43. The Morgan fingerprint density at radius 3 is 2.48 bits per heavy atom. The van der Waals surface area contributed by atoms with Gasteiger partial charge in [0.2, 0.25) is 11.8 Å². The molecule has 1 atom stereocenters. The van der Waals surface area contributed by atoms with Crippen LogP contribution in [0.15, 0.2) is 52.9 Å². The molecule has 2 heterocycles. The van der Waals surface area contributed by atoms with Crippen LogP contribution in [0.5, 0.6) is 0 Å². The van der Waals surface area contributed by atoms with Crippen LogP contribution in [-0.2, 0) is 9.59 Å². The van der Waals surface area contributed by atoms with Gasteiger partial charge in [0.05, 0.1) is 0 Å². The van der Waals surface area contributed by atoms with Crippen LogP contribution in [0.1, 0.15) is 19.8 Å². The summed E-state index contributed by atoms with van der Waals surface area (Å²) in [6.07, 6.45) is 0.177. The molecular weight excluding hydrogens is 370 g/mol. The first-order chi connectivity index (χ1) is 14.0. The number of nitrogens with one attached hydrogen (secondary N) is 1. The number of aliphatic hydroxyl groups excluding tert-OH is 1. The number of aliphatic hydroxyl groups is 1. The van der Waals surface area contributed by atoms with Crippen molar-refractivity contribution in [1.29, 1.82) is 0 Å². The Kier molecular flexibility index (Phi) is 5.31. The molecule has 4 rings (SSSR count). The quantitative estimate of drug-likeness (QED) is 0.710. The SMILES string of the molecule is C[C@@H](O)C(=O)N1CCC(C(=O)Nc2ccc(-c3nc4ccccc4o3)cc2)CC1. The highest BCUT2D eigenvalue weighted by Gasteiger charge is 2.28. The van der Waals surface area contributed by atoms with E-state index in [9.17, 15) is 14.7 Å². The highest BCUT2D eigenvalue weighted by atomic mass is 16.3. The Bertz CT molecular complexity index is 985. The van der Waals surface area contributed by atoms with E-state index < -0.39 is 6.10 Å². The number of carbonyl (C=O) groups is 2. The van der Waals surface area contributed by atoms with Crippen molar-refractivity contribution in [1.82, 2.24) is 9.88 Å². The Balaban J connectivity index is 1.36. The van der Waals surface area contributed by atoms with E-state index in [0.29, 0.717) is 37.5 Å². The van der Waals surface area contributed by atoms with Gasteiger partial charge >= 0.3 is 0 Å². The lowest BCUT2D eigenvalue weighted by molar-refractivity contribution is -0.141. The van der Waals surface area contributed by atoms with Gasteiger partial charge in [-0.15, -0.1) is 0 Å². The first-order valence-electron chi connectivity index (χ1n) is 9.75. The molecule has 0 bridgehead atoms. The smallest absolute Gasteiger partial charge is 0.251 e. The number of benzene rings is 2. The minimum atomic E-state index is -1.000. The predicted octanol–water partition coefficient (Wildman–Crippen LogP) is 3.05. The molecule has 1 saturated heterocycles. The largest absolute Gasteiger partial charge is 0.436 e. The third-order valence-corrected chi connectivity index (χ3v) is 5.23. The fourth-order valence-corrected chi connectivity index (χ4v) is 3.56. The van der Waals surface area contributed by atoms with E-state index in [1.807, 2.05) is 48.5 Å². The van der Waals surface area contributed by atoms with Crippen molar-refractivity contribution in [3.05, 3.63) is 48.5 Å². The minimum absolute atomic E-state index is 0.0521. The summed E-state index contributed by atoms with van der Waals surface area (Å²) < 4.78 is 5.77. The molecule has 2 N–H and O–H groups in total. The number of hydrogen-bond donors (Lipinski definition) is 2. The molecule has 7 nitrogen and oxygen atoms in total. The van der Waals surface area contributed by atoms with Gasteiger partial charge in [0.1, 0.15) is 11.6 Å². The summed E-state index contributed by atoms with van der Waals surface area (Å²) in [7, 11) is 0. The number of para-hydroxylation sites is 2. The predicted molar refractivity (Wildman–Crippen MR) is 109 cm³/mol. The van der Waals surface area contributed by atoms with E-state index in [1.54, 1.807) is 4.90 Å². The van der Waals surface area contributed by atoms with Gasteiger partial charge in [0.15, 0.2) is 5.58 Å². The van der Waals surface area contributed by atoms with Crippen molar-refractivity contribution >= 4 is 28.6 Å². The number of rotatable bonds is 4. The van der Waals surface area contributed by atoms with Crippen LogP contribution in [-0.4, -0.2) is 46.0 Å². The molecule has 7 heteroatoms. The van der Waals surface area contributed by atoms with E-state index >= 15 is 0 Å². The number of aromatic nitrogens is 1. The zero-order valence-electron chi connectivity index (χ0n) is 16.2. The van der Waals surface area contributed by atoms with Crippen LogP contribution >= 0.6 is 0 Å². The molecule has 0 saturated carbocycles. The van der Waals surface area contributed by atoms with Crippen LogP contribution in [0, 0.1) is 5.92 Å². The average Bonchev–Trinajstić information content (AvgIpc) is 3.18. The van der Waals surface area contributed by atoms with E-state index in [4.69, 9.17) is 4.42 Å². The van der Waals surface area contributed by atoms with Crippen molar-refractivity contribution in [3.8, 4) is 11.5 Å². The molecule has 1 aromatic heterocycles. The molecule has 1 aliphatic heterocycles. The Morgan fingerprint density at radius 2 is 1.83 bits per heavy atom. The molecule has 150 valence electrons. The van der Waals surface area contributed by atoms with E-state index in [0.717, 1.165) is 16.7 Å². The maximum absolute atomic E-state index is 12.6. The second-order valence-electron chi connectivity index (χ2n) is 7.33. The van der Waals surface area contributed by atoms with Crippen molar-refractivity contribution in [2.24, 2.45) is 5.92 Å². The molecule has 3 aromatic rings. The van der Waals surface area contributed by atoms with Crippen molar-refractivity contribution < 1.29 is 19.1 Å². The lowest BCUT2D eigenvalue weighted by Crippen LogP contribution is -2.44. The highest BCUT2D eigenvalue weighted by molar-refractivity contribution is 5.93. The lowest BCUT2D eigenvalue weighted by atomic mass is 9.95. The second-order valence-corrected chi connectivity index (χ2v) is 7.33. The van der Waals surface area contributed by atoms with Crippen LogP contribution in [0.2, 0.25) is 0 Å². The van der Waals surface area contributed by atoms with Gasteiger partial charge in [-0.2, -0.15) is 0 Å². The summed E-state index contributed by atoms with van der Waals surface area (Å²) in [5, 5.41) is 12.3. The normalized spacial score (nSPS) is 16.0. The number of piperidine rings is 1. The van der Waals surface area contributed by atoms with Gasteiger partial charge in [-0.3, -0.25) is 9.59 Å². The molecule has 1 aliphatic rings. The molecular formula is C22H23N3O4. The van der Waals surface area contributed by atoms with E-state index in [1.165, 1.54) is 6.92 Å². The third kappa shape index (κ3) is 4.14. The first kappa shape index (κ1) is 19.1. The molecule has 29 heavy (non-hydrogen) atoms. The minimum Gasteiger partial charge on any atom is -0.436 e. The molecule has 0 spiro atoms. The van der Waals surface area contributed by atoms with Crippen LogP contribution < -0.4 is 5.32 Å². The number of anilines is 1. The molecule has 0 unspecified atom stereocenters. The Labute approximate surface area is 168 Å². The average molecular weight is 393 g/mol. The van der Waals surface area contributed by atoms with Gasteiger partial charge in [-0.05, 0) is 56.2 Å². The molecule has 2 aromatic carbocycles. The van der Waals surface area contributed by atoms with Gasteiger partial charge in [-0.25, -0.2) is 4.98 Å². The van der Waals surface area contributed by atoms with Crippen LogP contribution in [0.3, 0.4) is 0 Å². The molecule has 0 radical (unpaired) electrons. The summed E-state index contributed by atoms with van der Waals surface area (Å²) in [5.74, 6) is 0.0615. The maximum Gasteiger partial charge on any atom is 0.251 e. The zero-order chi connectivity index (χ0) is 20.4. The summed E-state index contributed by atoms with van der Waals surface area (Å²) in [4.78, 5) is 30.5. The number of likely N-dealkylation sites (tertiary alicyclic amines) is 1. The van der Waals surface area contributed by atoms with Gasteiger partial charge in [0.25, 0.3) is 5.91 Å². The van der Waals surface area contributed by atoms with Crippen LogP contribution in [0.4, 0.5) is 5.69 Å². The second kappa shape index (κ2) is 8.05. The lowest BCUT2D eigenvalue weighted by Gasteiger charge is -2.32. The zero-order valence-corrected chi connectivity index (χ0v) is 16.2. The van der Waals surface area contributed by atoms with Crippen molar-refractivity contribution in [2.45, 2.75) is 25.9 Å². The Morgan fingerprint density at radius 1 is 1.14 bits per heavy atom. The topological polar surface area (TPSA) is 95.7 Å². The van der Waals surface area contributed by atoms with E-state index in [-0.39, 0.29) is 17.7 Å². The van der Waals surface area contributed by atoms with E-state index in [2.05, 4.69) is 10.3 Å².